The average Bonchev–Trinajstić information content (AvgIpc) is 2.76. The molecule has 122 valence electrons. The van der Waals surface area contributed by atoms with Crippen LogP contribution in [0.5, 0.6) is 0 Å². The normalized spacial score (nSPS) is 28.7. The fourth-order valence-electron chi connectivity index (χ4n) is 3.33. The summed E-state index contributed by atoms with van der Waals surface area (Å²) in [4.78, 5) is 26.9. The van der Waals surface area contributed by atoms with Gasteiger partial charge in [-0.25, -0.2) is 0 Å². The molecule has 1 aromatic carbocycles. The quantitative estimate of drug-likeness (QED) is 0.285. The molecule has 2 aliphatic rings. The molecule has 0 radical (unpaired) electrons. The largest absolute Gasteiger partial charge is 0.411 e. The lowest BCUT2D eigenvalue weighted by atomic mass is 9.86. The van der Waals surface area contributed by atoms with Crippen LogP contribution in [0.15, 0.2) is 29.4 Å². The van der Waals surface area contributed by atoms with Crippen LogP contribution in [0.3, 0.4) is 0 Å². The zero-order valence-electron chi connectivity index (χ0n) is 12.8. The number of benzene rings is 1. The number of β-lactam (4-membered cyclic amide) rings is 1. The molecule has 0 unspecified atom stereocenters. The Morgan fingerprint density at radius 2 is 2.13 bits per heavy atom. The Hall–Kier alpha value is -1.86. The van der Waals surface area contributed by atoms with E-state index in [0.717, 1.165) is 0 Å². The van der Waals surface area contributed by atoms with E-state index >= 15 is 0 Å². The fraction of sp³-hybridized carbons (Fsp3) is 0.438. The number of hydrogen-bond donors (Lipinski definition) is 2. The average molecular weight is 334 g/mol. The van der Waals surface area contributed by atoms with Crippen molar-refractivity contribution in [3.05, 3.63) is 35.4 Å². The van der Waals surface area contributed by atoms with E-state index in [4.69, 9.17) is 5.21 Å². The molecule has 2 N–H and O–H groups in total. The first-order valence-corrected chi connectivity index (χ1v) is 8.22. The van der Waals surface area contributed by atoms with E-state index in [-0.39, 0.29) is 23.7 Å². The van der Waals surface area contributed by atoms with E-state index in [1.54, 1.807) is 40.9 Å². The maximum absolute atomic E-state index is 13.1. The van der Waals surface area contributed by atoms with Gasteiger partial charge in [0.25, 0.3) is 0 Å². The molecule has 0 aromatic heterocycles. The molecule has 3 atom stereocenters. The Morgan fingerprint density at radius 1 is 1.43 bits per heavy atom. The van der Waals surface area contributed by atoms with Crippen molar-refractivity contribution in [3.8, 4) is 0 Å². The first-order chi connectivity index (χ1) is 10.9. The van der Waals surface area contributed by atoms with Gasteiger partial charge in [-0.05, 0) is 13.8 Å². The second-order valence-electron chi connectivity index (χ2n) is 6.25. The number of carbonyl (C=O) groups excluding carboxylic acids is 2. The summed E-state index contributed by atoms with van der Waals surface area (Å²) in [5.41, 5.74) is 0.931. The SMILES string of the molecule is CC1(C)S[C@@H]2[C@H](CO)C(=O)N2[C@H]1C(=O)c1ccccc1/C=N/O. The highest BCUT2D eigenvalue weighted by atomic mass is 32.2. The molecule has 7 heteroatoms. The molecule has 2 heterocycles. The standard InChI is InChI=1S/C16H18N2O4S/c1-16(2)13(18-14(21)11(8-19)15(18)23-16)12(20)10-6-4-3-5-9(10)7-17-22/h3-7,11,13,15,19,22H,8H2,1-2H3/b17-7+/t11-,13+,15-/m1/s1. The van der Waals surface area contributed by atoms with E-state index in [9.17, 15) is 14.7 Å². The smallest absolute Gasteiger partial charge is 0.232 e. The summed E-state index contributed by atoms with van der Waals surface area (Å²) >= 11 is 1.55. The third-order valence-electron chi connectivity index (χ3n) is 4.42. The number of carbonyl (C=O) groups is 2. The number of oxime groups is 1. The maximum atomic E-state index is 13.1. The van der Waals surface area contributed by atoms with Crippen LogP contribution in [0, 0.1) is 5.92 Å². The van der Waals surface area contributed by atoms with Crippen LogP contribution in [-0.2, 0) is 4.79 Å². The molecular weight excluding hydrogens is 316 g/mol. The van der Waals surface area contributed by atoms with E-state index in [2.05, 4.69) is 5.16 Å². The van der Waals surface area contributed by atoms with Crippen LogP contribution in [0.25, 0.3) is 0 Å². The van der Waals surface area contributed by atoms with Gasteiger partial charge in [-0.15, -0.1) is 11.8 Å². The van der Waals surface area contributed by atoms with Crippen LogP contribution in [0.1, 0.15) is 29.8 Å². The number of aliphatic hydroxyl groups excluding tert-OH is 1. The third kappa shape index (κ3) is 2.35. The van der Waals surface area contributed by atoms with E-state index in [0.29, 0.717) is 11.1 Å². The van der Waals surface area contributed by atoms with Crippen molar-refractivity contribution in [1.29, 1.82) is 0 Å². The van der Waals surface area contributed by atoms with E-state index in [1.807, 2.05) is 13.8 Å². The summed E-state index contributed by atoms with van der Waals surface area (Å²) in [6, 6.07) is 6.25. The molecule has 0 spiro atoms. The van der Waals surface area contributed by atoms with Gasteiger partial charge in [0.1, 0.15) is 6.04 Å². The summed E-state index contributed by atoms with van der Waals surface area (Å²) in [7, 11) is 0. The highest BCUT2D eigenvalue weighted by Gasteiger charge is 2.63. The molecule has 2 saturated heterocycles. The maximum Gasteiger partial charge on any atom is 0.232 e. The lowest BCUT2D eigenvalue weighted by Crippen LogP contribution is -2.63. The topological polar surface area (TPSA) is 90.2 Å². The molecule has 2 aliphatic heterocycles. The first-order valence-electron chi connectivity index (χ1n) is 7.34. The minimum Gasteiger partial charge on any atom is -0.411 e. The Kier molecular flexibility index (Phi) is 3.93. The van der Waals surface area contributed by atoms with Crippen molar-refractivity contribution in [3.63, 3.8) is 0 Å². The second-order valence-corrected chi connectivity index (χ2v) is 8.02. The number of hydrogen-bond acceptors (Lipinski definition) is 6. The fourth-order valence-corrected chi connectivity index (χ4v) is 5.01. The van der Waals surface area contributed by atoms with Gasteiger partial charge in [-0.3, -0.25) is 9.59 Å². The lowest BCUT2D eigenvalue weighted by molar-refractivity contribution is -0.154. The predicted octanol–water partition coefficient (Wildman–Crippen LogP) is 1.35. The minimum atomic E-state index is -0.596. The van der Waals surface area contributed by atoms with Crippen LogP contribution in [0.2, 0.25) is 0 Å². The molecule has 0 saturated carbocycles. The highest BCUT2D eigenvalue weighted by Crippen LogP contribution is 2.53. The Balaban J connectivity index is 1.98. The molecule has 3 rings (SSSR count). The number of fused-ring (bicyclic) bond motifs is 1. The molecule has 1 amide bonds. The highest BCUT2D eigenvalue weighted by molar-refractivity contribution is 8.01. The minimum absolute atomic E-state index is 0.157. The van der Waals surface area contributed by atoms with E-state index < -0.39 is 16.7 Å². The molecule has 23 heavy (non-hydrogen) atoms. The number of ketones is 1. The van der Waals surface area contributed by atoms with E-state index in [1.165, 1.54) is 6.21 Å². The third-order valence-corrected chi connectivity index (χ3v) is 6.05. The Bertz CT molecular complexity index is 688. The molecule has 0 bridgehead atoms. The molecule has 1 aromatic rings. The molecule has 0 aliphatic carbocycles. The summed E-state index contributed by atoms with van der Waals surface area (Å²) in [6.07, 6.45) is 1.22. The molecule has 6 nitrogen and oxygen atoms in total. The van der Waals surface area contributed by atoms with Crippen LogP contribution in [-0.4, -0.2) is 55.9 Å². The predicted molar refractivity (Wildman–Crippen MR) is 86.8 cm³/mol. The van der Waals surface area contributed by atoms with Crippen molar-refractivity contribution in [2.75, 3.05) is 6.61 Å². The van der Waals surface area contributed by atoms with Gasteiger partial charge in [0, 0.05) is 15.9 Å². The van der Waals surface area contributed by atoms with Gasteiger partial charge in [-0.1, -0.05) is 29.4 Å². The number of aliphatic hydroxyl groups is 1. The number of thioether (sulfide) groups is 1. The summed E-state index contributed by atoms with van der Waals surface area (Å²) in [6.45, 7) is 3.67. The second kappa shape index (κ2) is 5.65. The summed E-state index contributed by atoms with van der Waals surface area (Å²) in [5, 5.41) is 21.0. The monoisotopic (exact) mass is 334 g/mol. The van der Waals surface area contributed by atoms with Gasteiger partial charge < -0.3 is 15.2 Å². The lowest BCUT2D eigenvalue weighted by Gasteiger charge is -2.43. The van der Waals surface area contributed by atoms with Crippen molar-refractivity contribution in [2.45, 2.75) is 30.0 Å². The van der Waals surface area contributed by atoms with Crippen molar-refractivity contribution in [2.24, 2.45) is 11.1 Å². The first kappa shape index (κ1) is 16.0. The number of amides is 1. The van der Waals surface area contributed by atoms with Crippen LogP contribution >= 0.6 is 11.8 Å². The van der Waals surface area contributed by atoms with Gasteiger partial charge in [-0.2, -0.15) is 0 Å². The van der Waals surface area contributed by atoms with Gasteiger partial charge in [0.15, 0.2) is 5.78 Å². The van der Waals surface area contributed by atoms with Crippen molar-refractivity contribution < 1.29 is 19.9 Å². The summed E-state index contributed by atoms with van der Waals surface area (Å²) < 4.78 is -0.454. The Morgan fingerprint density at radius 3 is 2.78 bits per heavy atom. The molecule has 2 fully saturated rings. The Labute approximate surface area is 138 Å². The van der Waals surface area contributed by atoms with Crippen LogP contribution in [0.4, 0.5) is 0 Å². The van der Waals surface area contributed by atoms with Gasteiger partial charge in [0.2, 0.25) is 5.91 Å². The number of Topliss-reactive ketones (excluding diaryl/α,β-unsaturated/α-hetero) is 1. The van der Waals surface area contributed by atoms with Gasteiger partial charge >= 0.3 is 0 Å². The van der Waals surface area contributed by atoms with Crippen LogP contribution < -0.4 is 0 Å². The van der Waals surface area contributed by atoms with Crippen molar-refractivity contribution >= 4 is 29.7 Å². The van der Waals surface area contributed by atoms with Gasteiger partial charge in [0.05, 0.1) is 24.1 Å². The zero-order chi connectivity index (χ0) is 16.8. The van der Waals surface area contributed by atoms with Crippen molar-refractivity contribution in [1.82, 2.24) is 4.90 Å². The number of nitrogens with zero attached hydrogens (tertiary/aromatic N) is 2. The number of rotatable bonds is 4. The zero-order valence-corrected chi connectivity index (χ0v) is 13.7. The summed E-state index contributed by atoms with van der Waals surface area (Å²) in [5.74, 6) is -0.779. The molecular formula is C16H18N2O4S.